The van der Waals surface area contributed by atoms with Gasteiger partial charge >= 0.3 is 5.97 Å². The lowest BCUT2D eigenvalue weighted by molar-refractivity contribution is -0.138. The number of carbonyl (C=O) groups is 1. The van der Waals surface area contributed by atoms with Crippen LogP contribution in [0.25, 0.3) is 0 Å². The molecule has 0 fully saturated rings. The Balaban J connectivity index is 2.99. The summed E-state index contributed by atoms with van der Waals surface area (Å²) >= 11 is 0. The number of hydrogen-bond donors (Lipinski definition) is 3. The van der Waals surface area contributed by atoms with Gasteiger partial charge in [-0.05, 0) is 24.1 Å². The molecule has 88 valence electrons. The molecule has 0 saturated heterocycles. The first-order valence-electron chi connectivity index (χ1n) is 4.50. The molecule has 1 rings (SSSR count). The first-order valence-corrected chi connectivity index (χ1v) is 4.50. The summed E-state index contributed by atoms with van der Waals surface area (Å²) < 4.78 is 25.1. The zero-order valence-electron chi connectivity index (χ0n) is 8.23. The van der Waals surface area contributed by atoms with E-state index in [4.69, 9.17) is 15.9 Å². The number of phenols is 1. The molecule has 0 heterocycles. The van der Waals surface area contributed by atoms with Crippen LogP contribution in [0.2, 0.25) is 0 Å². The summed E-state index contributed by atoms with van der Waals surface area (Å²) in [6, 6.07) is 2.14. The Labute approximate surface area is 90.3 Å². The van der Waals surface area contributed by atoms with Crippen molar-refractivity contribution < 1.29 is 23.8 Å². The summed E-state index contributed by atoms with van der Waals surface area (Å²) in [6.07, 6.45) is -2.97. The second-order valence-electron chi connectivity index (χ2n) is 3.33. The number of aromatic hydroxyl groups is 1. The molecule has 1 aromatic rings. The van der Waals surface area contributed by atoms with Crippen molar-refractivity contribution in [3.8, 4) is 5.75 Å². The maximum absolute atomic E-state index is 12.6. The standard InChI is InChI=1S/C10H11F2NO3/c11-9(12)7-4-6(14)2-1-5(7)3-8(13)10(15)16/h1-2,4,8-9,14H,3,13H2,(H,15,16). The van der Waals surface area contributed by atoms with Gasteiger partial charge in [0.25, 0.3) is 6.43 Å². The summed E-state index contributed by atoms with van der Waals surface area (Å²) in [6.45, 7) is 0. The fourth-order valence-corrected chi connectivity index (χ4v) is 1.30. The lowest BCUT2D eigenvalue weighted by Gasteiger charge is -2.11. The monoisotopic (exact) mass is 231 g/mol. The molecule has 16 heavy (non-hydrogen) atoms. The first kappa shape index (κ1) is 12.4. The molecular weight excluding hydrogens is 220 g/mol. The van der Waals surface area contributed by atoms with Crippen LogP contribution < -0.4 is 5.73 Å². The van der Waals surface area contributed by atoms with E-state index in [1.165, 1.54) is 12.1 Å². The minimum absolute atomic E-state index is 0.128. The van der Waals surface area contributed by atoms with Crippen molar-refractivity contribution in [2.45, 2.75) is 18.9 Å². The van der Waals surface area contributed by atoms with Crippen LogP contribution in [0.1, 0.15) is 17.6 Å². The number of aliphatic carboxylic acids is 1. The molecule has 0 aromatic heterocycles. The lowest BCUT2D eigenvalue weighted by Crippen LogP contribution is -2.32. The molecule has 0 aliphatic carbocycles. The molecule has 0 spiro atoms. The highest BCUT2D eigenvalue weighted by atomic mass is 19.3. The topological polar surface area (TPSA) is 83.5 Å². The second kappa shape index (κ2) is 4.89. The van der Waals surface area contributed by atoms with Gasteiger partial charge in [-0.1, -0.05) is 6.07 Å². The number of carboxylic acids is 1. The highest BCUT2D eigenvalue weighted by Gasteiger charge is 2.18. The van der Waals surface area contributed by atoms with Gasteiger partial charge in [0.2, 0.25) is 0 Å². The van der Waals surface area contributed by atoms with E-state index < -0.39 is 24.0 Å². The minimum atomic E-state index is -2.77. The van der Waals surface area contributed by atoms with Crippen molar-refractivity contribution >= 4 is 5.97 Å². The Hall–Kier alpha value is -1.69. The highest BCUT2D eigenvalue weighted by molar-refractivity contribution is 5.73. The Kier molecular flexibility index (Phi) is 3.78. The van der Waals surface area contributed by atoms with E-state index in [1.807, 2.05) is 0 Å². The molecule has 1 atom stereocenters. The van der Waals surface area contributed by atoms with Crippen LogP contribution in [0.4, 0.5) is 8.78 Å². The van der Waals surface area contributed by atoms with E-state index in [2.05, 4.69) is 0 Å². The summed E-state index contributed by atoms with van der Waals surface area (Å²) in [7, 11) is 0. The zero-order valence-corrected chi connectivity index (χ0v) is 8.23. The third-order valence-corrected chi connectivity index (χ3v) is 2.12. The van der Waals surface area contributed by atoms with Crippen molar-refractivity contribution in [3.05, 3.63) is 29.3 Å². The van der Waals surface area contributed by atoms with Gasteiger partial charge < -0.3 is 15.9 Å². The van der Waals surface area contributed by atoms with Crippen LogP contribution in [0, 0.1) is 0 Å². The van der Waals surface area contributed by atoms with Crippen molar-refractivity contribution in [1.82, 2.24) is 0 Å². The normalized spacial score (nSPS) is 12.8. The number of phenolic OH excluding ortho intramolecular Hbond substituents is 1. The third kappa shape index (κ3) is 2.90. The minimum Gasteiger partial charge on any atom is -0.508 e. The Morgan fingerprint density at radius 3 is 2.56 bits per heavy atom. The number of rotatable bonds is 4. The number of carboxylic acid groups (broad SMARTS) is 1. The molecule has 4 N–H and O–H groups in total. The molecule has 1 aromatic carbocycles. The van der Waals surface area contributed by atoms with Gasteiger partial charge in [0.15, 0.2) is 0 Å². The third-order valence-electron chi connectivity index (χ3n) is 2.12. The van der Waals surface area contributed by atoms with E-state index >= 15 is 0 Å². The van der Waals surface area contributed by atoms with Gasteiger partial charge in [-0.3, -0.25) is 4.79 Å². The van der Waals surface area contributed by atoms with Gasteiger partial charge in [0.05, 0.1) is 0 Å². The van der Waals surface area contributed by atoms with Gasteiger partial charge in [0, 0.05) is 5.56 Å². The molecule has 0 radical (unpaired) electrons. The number of hydrogen-bond acceptors (Lipinski definition) is 3. The van der Waals surface area contributed by atoms with Crippen LogP contribution in [0.15, 0.2) is 18.2 Å². The predicted octanol–water partition coefficient (Wildman–Crippen LogP) is 1.28. The molecule has 0 saturated carbocycles. The van der Waals surface area contributed by atoms with E-state index in [-0.39, 0.29) is 17.7 Å². The van der Waals surface area contributed by atoms with Gasteiger partial charge in [-0.15, -0.1) is 0 Å². The van der Waals surface area contributed by atoms with Crippen molar-refractivity contribution in [3.63, 3.8) is 0 Å². The molecule has 0 aliphatic rings. The maximum atomic E-state index is 12.6. The van der Waals surface area contributed by atoms with Crippen molar-refractivity contribution in [2.24, 2.45) is 5.73 Å². The maximum Gasteiger partial charge on any atom is 0.320 e. The molecule has 4 nitrogen and oxygen atoms in total. The quantitative estimate of drug-likeness (QED) is 0.728. The highest BCUT2D eigenvalue weighted by Crippen LogP contribution is 2.27. The molecule has 0 bridgehead atoms. The summed E-state index contributed by atoms with van der Waals surface area (Å²) in [5, 5.41) is 17.6. The van der Waals surface area contributed by atoms with Crippen LogP contribution in [-0.4, -0.2) is 22.2 Å². The van der Waals surface area contributed by atoms with Crippen LogP contribution in [0.3, 0.4) is 0 Å². The molecular formula is C10H11F2NO3. The number of benzene rings is 1. The van der Waals surface area contributed by atoms with Gasteiger partial charge in [-0.25, -0.2) is 8.78 Å². The van der Waals surface area contributed by atoms with Crippen molar-refractivity contribution in [1.29, 1.82) is 0 Å². The van der Waals surface area contributed by atoms with E-state index in [9.17, 15) is 13.6 Å². The number of alkyl halides is 2. The molecule has 6 heteroatoms. The van der Waals surface area contributed by atoms with E-state index in [0.717, 1.165) is 6.07 Å². The number of halogens is 2. The van der Waals surface area contributed by atoms with E-state index in [1.54, 1.807) is 0 Å². The van der Waals surface area contributed by atoms with E-state index in [0.29, 0.717) is 0 Å². The van der Waals surface area contributed by atoms with Crippen LogP contribution in [0.5, 0.6) is 5.75 Å². The Morgan fingerprint density at radius 2 is 2.06 bits per heavy atom. The summed E-state index contributed by atoms with van der Waals surface area (Å²) in [4.78, 5) is 10.5. The van der Waals surface area contributed by atoms with Crippen molar-refractivity contribution in [2.75, 3.05) is 0 Å². The fraction of sp³-hybridized carbons (Fsp3) is 0.300. The van der Waals surface area contributed by atoms with Crippen LogP contribution >= 0.6 is 0 Å². The first-order chi connectivity index (χ1) is 7.41. The Bertz CT molecular complexity index is 396. The predicted molar refractivity (Wildman–Crippen MR) is 52.4 cm³/mol. The summed E-state index contributed by atoms with van der Waals surface area (Å²) in [5.41, 5.74) is 4.98. The SMILES string of the molecule is NC(Cc1ccc(O)cc1C(F)F)C(=O)O. The molecule has 1 unspecified atom stereocenters. The lowest BCUT2D eigenvalue weighted by atomic mass is 10.0. The average molecular weight is 231 g/mol. The molecule has 0 amide bonds. The largest absolute Gasteiger partial charge is 0.508 e. The second-order valence-corrected chi connectivity index (χ2v) is 3.33. The fourth-order valence-electron chi connectivity index (χ4n) is 1.30. The smallest absolute Gasteiger partial charge is 0.320 e. The molecule has 0 aliphatic heterocycles. The number of nitrogens with two attached hydrogens (primary N) is 1. The Morgan fingerprint density at radius 1 is 1.44 bits per heavy atom. The van der Waals surface area contributed by atoms with Crippen LogP contribution in [-0.2, 0) is 11.2 Å². The zero-order chi connectivity index (χ0) is 12.3. The van der Waals surface area contributed by atoms with Gasteiger partial charge in [-0.2, -0.15) is 0 Å². The average Bonchev–Trinajstić information content (AvgIpc) is 2.20. The summed E-state index contributed by atoms with van der Waals surface area (Å²) in [5.74, 6) is -1.55. The van der Waals surface area contributed by atoms with Gasteiger partial charge in [0.1, 0.15) is 11.8 Å².